The van der Waals surface area contributed by atoms with Crippen LogP contribution in [0, 0.1) is 0 Å². The predicted molar refractivity (Wildman–Crippen MR) is 131 cm³/mol. The van der Waals surface area contributed by atoms with E-state index < -0.39 is 0 Å². The van der Waals surface area contributed by atoms with Crippen LogP contribution < -0.4 is 0 Å². The number of phenols is 1. The fraction of sp³-hybridized carbons (Fsp3) is 0. The molecule has 2 heterocycles. The van der Waals surface area contributed by atoms with Crippen molar-refractivity contribution >= 4 is 64.2 Å². The van der Waals surface area contributed by atoms with Gasteiger partial charge in [0.2, 0.25) is 0 Å². The van der Waals surface area contributed by atoms with Crippen molar-refractivity contribution in [3.63, 3.8) is 0 Å². The van der Waals surface area contributed by atoms with E-state index in [1.54, 1.807) is 11.3 Å². The van der Waals surface area contributed by atoms with Crippen molar-refractivity contribution in [1.29, 1.82) is 0 Å². The van der Waals surface area contributed by atoms with Crippen LogP contribution in [0.3, 0.4) is 0 Å². The average molecular weight is 417 g/mol. The predicted octanol–water partition coefficient (Wildman–Crippen LogP) is 8.48. The number of aromatic hydroxyl groups is 1. The van der Waals surface area contributed by atoms with Gasteiger partial charge < -0.3 is 9.52 Å². The van der Waals surface area contributed by atoms with Gasteiger partial charge in [-0.15, -0.1) is 11.3 Å². The molecule has 0 spiro atoms. The SMILES string of the molecule is Oc1cc(-c2cc3ccccc3c3c2sc2ccccc23)cc2oc3ccccc3c12. The summed E-state index contributed by atoms with van der Waals surface area (Å²) in [6.07, 6.45) is 0. The molecule has 0 amide bonds. The van der Waals surface area contributed by atoms with E-state index >= 15 is 0 Å². The highest BCUT2D eigenvalue weighted by Gasteiger charge is 2.17. The topological polar surface area (TPSA) is 33.4 Å². The van der Waals surface area contributed by atoms with Gasteiger partial charge in [-0.2, -0.15) is 0 Å². The van der Waals surface area contributed by atoms with E-state index in [-0.39, 0.29) is 5.75 Å². The summed E-state index contributed by atoms with van der Waals surface area (Å²) in [4.78, 5) is 0. The highest BCUT2D eigenvalue weighted by molar-refractivity contribution is 7.26. The monoisotopic (exact) mass is 416 g/mol. The molecule has 1 N–H and O–H groups in total. The summed E-state index contributed by atoms with van der Waals surface area (Å²) in [6.45, 7) is 0. The molecule has 7 aromatic rings. The number of hydrogen-bond acceptors (Lipinski definition) is 3. The molecule has 5 aromatic carbocycles. The molecule has 2 nitrogen and oxygen atoms in total. The summed E-state index contributed by atoms with van der Waals surface area (Å²) in [7, 11) is 0. The summed E-state index contributed by atoms with van der Waals surface area (Å²) in [5.41, 5.74) is 3.58. The fourth-order valence-corrected chi connectivity index (χ4v) is 6.03. The van der Waals surface area contributed by atoms with Gasteiger partial charge in [-0.1, -0.05) is 60.7 Å². The van der Waals surface area contributed by atoms with Crippen LogP contribution in [0.1, 0.15) is 0 Å². The highest BCUT2D eigenvalue weighted by atomic mass is 32.1. The van der Waals surface area contributed by atoms with Crippen molar-refractivity contribution in [1.82, 2.24) is 0 Å². The molecule has 0 unspecified atom stereocenters. The maximum absolute atomic E-state index is 11.0. The van der Waals surface area contributed by atoms with E-state index in [4.69, 9.17) is 4.42 Å². The normalized spacial score (nSPS) is 12.0. The number of fused-ring (bicyclic) bond motifs is 8. The zero-order valence-electron chi connectivity index (χ0n) is 16.4. The lowest BCUT2D eigenvalue weighted by Gasteiger charge is -2.09. The van der Waals surface area contributed by atoms with Crippen molar-refractivity contribution in [3.8, 4) is 16.9 Å². The van der Waals surface area contributed by atoms with Crippen molar-refractivity contribution in [2.24, 2.45) is 0 Å². The third-order valence-corrected chi connectivity index (χ3v) is 7.34. The Balaban J connectivity index is 1.63. The van der Waals surface area contributed by atoms with Gasteiger partial charge in [0, 0.05) is 31.1 Å². The number of furan rings is 1. The molecule has 0 bridgehead atoms. The summed E-state index contributed by atoms with van der Waals surface area (Å²) in [6, 6.07) is 31.1. The van der Waals surface area contributed by atoms with Crippen molar-refractivity contribution in [2.75, 3.05) is 0 Å². The van der Waals surface area contributed by atoms with Crippen molar-refractivity contribution < 1.29 is 9.52 Å². The number of hydrogen-bond donors (Lipinski definition) is 1. The van der Waals surface area contributed by atoms with Crippen LogP contribution in [-0.2, 0) is 0 Å². The number of thiophene rings is 1. The Kier molecular flexibility index (Phi) is 3.33. The van der Waals surface area contributed by atoms with E-state index in [9.17, 15) is 5.11 Å². The van der Waals surface area contributed by atoms with E-state index in [1.165, 1.54) is 30.9 Å². The highest BCUT2D eigenvalue weighted by Crippen LogP contribution is 2.46. The summed E-state index contributed by atoms with van der Waals surface area (Å²) in [5, 5.41) is 17.7. The lowest BCUT2D eigenvalue weighted by Crippen LogP contribution is -1.82. The van der Waals surface area contributed by atoms with Crippen LogP contribution in [0.25, 0.3) is 64.0 Å². The lowest BCUT2D eigenvalue weighted by atomic mass is 9.96. The van der Waals surface area contributed by atoms with Gasteiger partial charge >= 0.3 is 0 Å². The first-order valence-electron chi connectivity index (χ1n) is 10.3. The first kappa shape index (κ1) is 16.9. The fourth-order valence-electron chi connectivity index (χ4n) is 4.78. The first-order chi connectivity index (χ1) is 15.3. The second-order valence-electron chi connectivity index (χ2n) is 7.91. The number of para-hydroxylation sites is 1. The molecule has 0 aliphatic carbocycles. The molecule has 146 valence electrons. The third-order valence-electron chi connectivity index (χ3n) is 6.14. The standard InChI is InChI=1S/C28H16O2S/c29-22-14-17(15-24-27(22)19-9-3-5-11-23(19)30-24)21-13-16-7-1-2-8-18(16)26-20-10-4-6-12-25(20)31-28(21)26/h1-15,29H. The molecule has 0 fully saturated rings. The van der Waals surface area contributed by atoms with Gasteiger partial charge in [-0.3, -0.25) is 0 Å². The zero-order valence-corrected chi connectivity index (χ0v) is 17.2. The van der Waals surface area contributed by atoms with Gasteiger partial charge in [0.15, 0.2) is 0 Å². The van der Waals surface area contributed by atoms with Crippen molar-refractivity contribution in [2.45, 2.75) is 0 Å². The average Bonchev–Trinajstić information content (AvgIpc) is 3.37. The van der Waals surface area contributed by atoms with Gasteiger partial charge in [0.05, 0.1) is 5.39 Å². The van der Waals surface area contributed by atoms with Gasteiger partial charge in [-0.05, 0) is 46.7 Å². The lowest BCUT2D eigenvalue weighted by molar-refractivity contribution is 0.482. The minimum Gasteiger partial charge on any atom is -0.507 e. The Morgan fingerprint density at radius 2 is 1.39 bits per heavy atom. The van der Waals surface area contributed by atoms with E-state index in [2.05, 4.69) is 60.7 Å². The van der Waals surface area contributed by atoms with Crippen LogP contribution in [0.15, 0.2) is 95.4 Å². The molecule has 0 saturated heterocycles. The molecule has 0 aliphatic rings. The quantitative estimate of drug-likeness (QED) is 0.291. The molecule has 3 heteroatoms. The van der Waals surface area contributed by atoms with Crippen LogP contribution in [0.5, 0.6) is 5.75 Å². The zero-order chi connectivity index (χ0) is 20.5. The Morgan fingerprint density at radius 3 is 2.29 bits per heavy atom. The third kappa shape index (κ3) is 2.32. The Bertz CT molecular complexity index is 1800. The maximum Gasteiger partial charge on any atom is 0.139 e. The molecular weight excluding hydrogens is 400 g/mol. The number of phenolic OH excluding ortho intramolecular Hbond substituents is 1. The second kappa shape index (κ2) is 6.10. The van der Waals surface area contributed by atoms with Gasteiger partial charge in [0.25, 0.3) is 0 Å². The largest absolute Gasteiger partial charge is 0.507 e. The molecule has 7 rings (SSSR count). The van der Waals surface area contributed by atoms with Crippen LogP contribution >= 0.6 is 11.3 Å². The molecule has 0 saturated carbocycles. The Hall–Kier alpha value is -3.82. The van der Waals surface area contributed by atoms with Gasteiger partial charge in [0.1, 0.15) is 16.9 Å². The molecule has 31 heavy (non-hydrogen) atoms. The van der Waals surface area contributed by atoms with E-state index in [0.29, 0.717) is 5.58 Å². The Morgan fingerprint density at radius 1 is 0.645 bits per heavy atom. The number of benzene rings is 5. The first-order valence-corrected chi connectivity index (χ1v) is 11.1. The molecule has 0 radical (unpaired) electrons. The van der Waals surface area contributed by atoms with Gasteiger partial charge in [-0.25, -0.2) is 0 Å². The minimum absolute atomic E-state index is 0.250. The van der Waals surface area contributed by atoms with E-state index in [0.717, 1.165) is 27.5 Å². The minimum atomic E-state index is 0.250. The maximum atomic E-state index is 11.0. The summed E-state index contributed by atoms with van der Waals surface area (Å²) in [5.74, 6) is 0.250. The molecule has 0 aliphatic heterocycles. The van der Waals surface area contributed by atoms with Crippen LogP contribution in [0.2, 0.25) is 0 Å². The molecule has 2 aromatic heterocycles. The summed E-state index contributed by atoms with van der Waals surface area (Å²) >= 11 is 1.80. The number of rotatable bonds is 1. The Labute approximate surface area is 181 Å². The molecular formula is C28H16O2S. The second-order valence-corrected chi connectivity index (χ2v) is 8.97. The molecule has 0 atom stereocenters. The smallest absolute Gasteiger partial charge is 0.139 e. The van der Waals surface area contributed by atoms with Crippen molar-refractivity contribution in [3.05, 3.63) is 91.0 Å². The van der Waals surface area contributed by atoms with Crippen LogP contribution in [-0.4, -0.2) is 5.11 Å². The summed E-state index contributed by atoms with van der Waals surface area (Å²) < 4.78 is 8.60. The van der Waals surface area contributed by atoms with Crippen LogP contribution in [0.4, 0.5) is 0 Å². The van der Waals surface area contributed by atoms with E-state index in [1.807, 2.05) is 30.3 Å².